The maximum Gasteiger partial charge on any atom is 0.226 e. The van der Waals surface area contributed by atoms with Gasteiger partial charge in [0.2, 0.25) is 5.95 Å². The largest absolute Gasteiger partial charge is 0.497 e. The van der Waals surface area contributed by atoms with E-state index in [0.717, 1.165) is 33.9 Å². The zero-order valence-corrected chi connectivity index (χ0v) is 17.2. The molecule has 3 aromatic carbocycles. The molecule has 0 unspecified atom stereocenters. The molecule has 1 aromatic heterocycles. The Morgan fingerprint density at radius 1 is 1.03 bits per heavy atom. The minimum atomic E-state index is -0.533. The standard InChI is InChI=1S/C25H19FN4O2/c1-31-16-8-6-7-15(13-16)24-21-22(18-10-3-5-12-20(18)32-24)29-25-27-14-28-30(25)23(21)17-9-2-4-11-19(17)26/h2-14,23-24H,1H3,(H,27,28,29)/t23-,24+/m0/s1. The molecule has 0 saturated carbocycles. The monoisotopic (exact) mass is 426 g/mol. The highest BCUT2D eigenvalue weighted by molar-refractivity contribution is 5.85. The third-order valence-electron chi connectivity index (χ3n) is 5.92. The number of para-hydroxylation sites is 1. The molecule has 32 heavy (non-hydrogen) atoms. The number of nitrogens with one attached hydrogen (secondary N) is 1. The van der Waals surface area contributed by atoms with Crippen LogP contribution in [0.2, 0.25) is 0 Å². The van der Waals surface area contributed by atoms with Gasteiger partial charge in [-0.1, -0.05) is 42.5 Å². The van der Waals surface area contributed by atoms with Gasteiger partial charge in [0.25, 0.3) is 0 Å². The summed E-state index contributed by atoms with van der Waals surface area (Å²) in [5.74, 6) is 1.71. The first kappa shape index (κ1) is 18.6. The quantitative estimate of drug-likeness (QED) is 0.500. The SMILES string of the molecule is COc1cccc([C@H]2Oc3ccccc3C3=C2[C@H](c2ccccc2F)n2ncnc2N3)c1. The predicted molar refractivity (Wildman–Crippen MR) is 118 cm³/mol. The van der Waals surface area contributed by atoms with Crippen LogP contribution in [0, 0.1) is 5.82 Å². The summed E-state index contributed by atoms with van der Waals surface area (Å²) in [4.78, 5) is 4.37. The highest BCUT2D eigenvalue weighted by Crippen LogP contribution is 2.51. The maximum absolute atomic E-state index is 15.1. The molecule has 3 heterocycles. The van der Waals surface area contributed by atoms with Crippen LogP contribution in [0.15, 0.2) is 84.7 Å². The fourth-order valence-electron chi connectivity index (χ4n) is 4.49. The van der Waals surface area contributed by atoms with Gasteiger partial charge in [0.1, 0.15) is 35.8 Å². The smallest absolute Gasteiger partial charge is 0.226 e. The Morgan fingerprint density at radius 2 is 1.88 bits per heavy atom. The maximum atomic E-state index is 15.1. The molecular weight excluding hydrogens is 407 g/mol. The van der Waals surface area contributed by atoms with Crippen LogP contribution in [-0.2, 0) is 0 Å². The van der Waals surface area contributed by atoms with Crippen molar-refractivity contribution in [3.63, 3.8) is 0 Å². The first-order valence-corrected chi connectivity index (χ1v) is 10.3. The number of rotatable bonds is 3. The summed E-state index contributed by atoms with van der Waals surface area (Å²) in [6.45, 7) is 0. The predicted octanol–water partition coefficient (Wildman–Crippen LogP) is 4.99. The van der Waals surface area contributed by atoms with Crippen molar-refractivity contribution in [3.8, 4) is 11.5 Å². The number of hydrogen-bond acceptors (Lipinski definition) is 5. The molecule has 0 radical (unpaired) electrons. The Morgan fingerprint density at radius 3 is 2.75 bits per heavy atom. The number of fused-ring (bicyclic) bond motifs is 3. The van der Waals surface area contributed by atoms with Crippen LogP contribution in [0.4, 0.5) is 10.3 Å². The first-order chi connectivity index (χ1) is 15.7. The summed E-state index contributed by atoms with van der Waals surface area (Å²) in [6.07, 6.45) is 0.992. The van der Waals surface area contributed by atoms with Crippen LogP contribution in [0.3, 0.4) is 0 Å². The van der Waals surface area contributed by atoms with E-state index in [1.807, 2.05) is 54.6 Å². The third kappa shape index (κ3) is 2.78. The van der Waals surface area contributed by atoms with Gasteiger partial charge in [0.15, 0.2) is 0 Å². The van der Waals surface area contributed by atoms with Gasteiger partial charge in [-0.3, -0.25) is 0 Å². The van der Waals surface area contributed by atoms with Gasteiger partial charge in [-0.2, -0.15) is 10.1 Å². The van der Waals surface area contributed by atoms with E-state index in [1.165, 1.54) is 12.4 Å². The molecule has 0 saturated heterocycles. The number of aromatic nitrogens is 3. The Labute approximate surface area is 183 Å². The molecule has 4 aromatic rings. The molecule has 0 spiro atoms. The molecule has 6 nitrogen and oxygen atoms in total. The number of ether oxygens (including phenoxy) is 2. The van der Waals surface area contributed by atoms with E-state index in [4.69, 9.17) is 9.47 Å². The van der Waals surface area contributed by atoms with Gasteiger partial charge >= 0.3 is 0 Å². The van der Waals surface area contributed by atoms with Crippen LogP contribution >= 0.6 is 0 Å². The van der Waals surface area contributed by atoms with Gasteiger partial charge in [-0.15, -0.1) is 0 Å². The molecule has 2 aliphatic rings. The lowest BCUT2D eigenvalue weighted by Gasteiger charge is -2.39. The van der Waals surface area contributed by atoms with E-state index in [1.54, 1.807) is 23.9 Å². The van der Waals surface area contributed by atoms with Crippen molar-refractivity contribution < 1.29 is 13.9 Å². The average molecular weight is 426 g/mol. The molecule has 158 valence electrons. The molecule has 6 rings (SSSR count). The van der Waals surface area contributed by atoms with Crippen LogP contribution in [0.25, 0.3) is 5.70 Å². The topological polar surface area (TPSA) is 61.2 Å². The number of nitrogens with zero attached hydrogens (tertiary/aromatic N) is 3. The molecule has 0 aliphatic carbocycles. The Bertz CT molecular complexity index is 1360. The van der Waals surface area contributed by atoms with Crippen molar-refractivity contribution in [2.24, 2.45) is 0 Å². The Balaban J connectivity index is 1.64. The second kappa shape index (κ2) is 7.23. The summed E-state index contributed by atoms with van der Waals surface area (Å²) in [7, 11) is 1.63. The van der Waals surface area contributed by atoms with Crippen LogP contribution in [0.5, 0.6) is 11.5 Å². The highest BCUT2D eigenvalue weighted by atomic mass is 19.1. The number of anilines is 1. The van der Waals surface area contributed by atoms with E-state index >= 15 is 4.39 Å². The van der Waals surface area contributed by atoms with Gasteiger partial charge in [-0.25, -0.2) is 9.07 Å². The summed E-state index contributed by atoms with van der Waals surface area (Å²) < 4.78 is 28.8. The third-order valence-corrected chi connectivity index (χ3v) is 5.92. The number of halogens is 1. The van der Waals surface area contributed by atoms with Crippen LogP contribution in [0.1, 0.15) is 28.8 Å². The summed E-state index contributed by atoms with van der Waals surface area (Å²) >= 11 is 0. The normalized spacial score (nSPS) is 18.7. The molecule has 1 N–H and O–H groups in total. The lowest BCUT2D eigenvalue weighted by molar-refractivity contribution is 0.222. The minimum Gasteiger partial charge on any atom is -0.497 e. The second-order valence-corrected chi connectivity index (χ2v) is 7.68. The van der Waals surface area contributed by atoms with Crippen molar-refractivity contribution in [2.45, 2.75) is 12.1 Å². The van der Waals surface area contributed by atoms with Crippen LogP contribution in [-0.4, -0.2) is 21.9 Å². The Hall–Kier alpha value is -4.13. The lowest BCUT2D eigenvalue weighted by atomic mass is 9.84. The number of hydrogen-bond donors (Lipinski definition) is 1. The molecule has 2 aliphatic heterocycles. The fraction of sp³-hybridized carbons (Fsp3) is 0.120. The number of methoxy groups -OCH3 is 1. The molecule has 7 heteroatoms. The summed E-state index contributed by atoms with van der Waals surface area (Å²) in [5.41, 5.74) is 4.02. The van der Waals surface area contributed by atoms with E-state index < -0.39 is 12.1 Å². The molecular formula is C25H19FN4O2. The van der Waals surface area contributed by atoms with E-state index in [-0.39, 0.29) is 5.82 Å². The first-order valence-electron chi connectivity index (χ1n) is 10.3. The fourth-order valence-corrected chi connectivity index (χ4v) is 4.49. The van der Waals surface area contributed by atoms with Crippen molar-refractivity contribution in [1.82, 2.24) is 14.8 Å². The summed E-state index contributed by atoms with van der Waals surface area (Å²) in [6, 6.07) is 21.8. The van der Waals surface area contributed by atoms with E-state index in [0.29, 0.717) is 11.5 Å². The van der Waals surface area contributed by atoms with Gasteiger partial charge in [-0.05, 0) is 30.3 Å². The highest BCUT2D eigenvalue weighted by Gasteiger charge is 2.41. The lowest BCUT2D eigenvalue weighted by Crippen LogP contribution is -2.32. The zero-order valence-electron chi connectivity index (χ0n) is 17.2. The molecule has 0 fully saturated rings. The number of benzene rings is 3. The second-order valence-electron chi connectivity index (χ2n) is 7.68. The van der Waals surface area contributed by atoms with Crippen molar-refractivity contribution in [3.05, 3.63) is 107 Å². The average Bonchev–Trinajstić information content (AvgIpc) is 3.31. The van der Waals surface area contributed by atoms with E-state index in [9.17, 15) is 0 Å². The molecule has 0 amide bonds. The van der Waals surface area contributed by atoms with Gasteiger partial charge < -0.3 is 14.8 Å². The van der Waals surface area contributed by atoms with Crippen LogP contribution < -0.4 is 14.8 Å². The van der Waals surface area contributed by atoms with Gasteiger partial charge in [0, 0.05) is 22.3 Å². The Kier molecular flexibility index (Phi) is 4.21. The van der Waals surface area contributed by atoms with Crippen molar-refractivity contribution in [2.75, 3.05) is 12.4 Å². The minimum absolute atomic E-state index is 0.309. The van der Waals surface area contributed by atoms with Crippen molar-refractivity contribution >= 4 is 11.6 Å². The zero-order chi connectivity index (χ0) is 21.7. The van der Waals surface area contributed by atoms with E-state index in [2.05, 4.69) is 15.4 Å². The molecule has 2 atom stereocenters. The molecule has 0 bridgehead atoms. The van der Waals surface area contributed by atoms with Gasteiger partial charge in [0.05, 0.1) is 12.8 Å². The van der Waals surface area contributed by atoms with Crippen molar-refractivity contribution in [1.29, 1.82) is 0 Å². The summed E-state index contributed by atoms with van der Waals surface area (Å²) in [5, 5.41) is 7.84.